The van der Waals surface area contributed by atoms with Crippen LogP contribution in [0.25, 0.3) is 0 Å². The molecule has 0 amide bonds. The maximum Gasteiger partial charge on any atom is 0.305 e. The molecule has 0 N–H and O–H groups in total. The van der Waals surface area contributed by atoms with Gasteiger partial charge in [-0.15, -0.1) is 0 Å². The van der Waals surface area contributed by atoms with E-state index in [4.69, 9.17) is 0 Å². The van der Waals surface area contributed by atoms with Crippen LogP contribution in [0.4, 0.5) is 0 Å². The molecule has 0 aromatic rings. The lowest BCUT2D eigenvalue weighted by Crippen LogP contribution is -1.99. The Kier molecular flexibility index (Phi) is 6.24. The summed E-state index contributed by atoms with van der Waals surface area (Å²) in [6.45, 7) is 2.13. The Morgan fingerprint density at radius 1 is 1.60 bits per heavy atom. The van der Waals surface area contributed by atoms with Gasteiger partial charge in [-0.1, -0.05) is 19.8 Å². The first-order valence-electron chi connectivity index (χ1n) is 3.69. The van der Waals surface area contributed by atoms with Crippen molar-refractivity contribution < 1.29 is 9.53 Å². The second-order valence-corrected chi connectivity index (χ2v) is 2.21. The van der Waals surface area contributed by atoms with Gasteiger partial charge in [0.1, 0.15) is 0 Å². The molecule has 0 bridgehead atoms. The number of hydrogen-bond acceptors (Lipinski definition) is 2. The van der Waals surface area contributed by atoms with Crippen molar-refractivity contribution in [3.63, 3.8) is 0 Å². The largest absolute Gasteiger partial charge is 0.469 e. The molecule has 0 atom stereocenters. The van der Waals surface area contributed by atoms with E-state index in [-0.39, 0.29) is 5.97 Å². The monoisotopic (exact) mass is 143 g/mol. The van der Waals surface area contributed by atoms with Crippen LogP contribution < -0.4 is 0 Å². The van der Waals surface area contributed by atoms with E-state index in [0.29, 0.717) is 6.42 Å². The topological polar surface area (TPSA) is 26.3 Å². The van der Waals surface area contributed by atoms with Gasteiger partial charge in [0.2, 0.25) is 0 Å². The molecule has 59 valence electrons. The Morgan fingerprint density at radius 3 is 2.80 bits per heavy atom. The van der Waals surface area contributed by atoms with Crippen LogP contribution in [0.3, 0.4) is 0 Å². The molecule has 0 heterocycles. The molecular formula is C8H15O2. The minimum Gasteiger partial charge on any atom is -0.469 e. The predicted molar refractivity (Wildman–Crippen MR) is 40.5 cm³/mol. The molecule has 0 rings (SSSR count). The summed E-state index contributed by atoms with van der Waals surface area (Å²) < 4.78 is 4.46. The van der Waals surface area contributed by atoms with E-state index in [1.807, 2.05) is 6.42 Å². The van der Waals surface area contributed by atoms with Gasteiger partial charge in [-0.05, 0) is 12.8 Å². The lowest BCUT2D eigenvalue weighted by atomic mass is 10.2. The van der Waals surface area contributed by atoms with Crippen molar-refractivity contribution in [3.05, 3.63) is 6.42 Å². The molecular weight excluding hydrogens is 128 g/mol. The Bertz CT molecular complexity index is 89.3. The van der Waals surface area contributed by atoms with Gasteiger partial charge in [-0.2, -0.15) is 0 Å². The molecule has 0 aliphatic carbocycles. The van der Waals surface area contributed by atoms with Gasteiger partial charge in [0.25, 0.3) is 0 Å². The van der Waals surface area contributed by atoms with Crippen molar-refractivity contribution in [2.75, 3.05) is 7.11 Å². The summed E-state index contributed by atoms with van der Waals surface area (Å²) in [6, 6.07) is 0. The van der Waals surface area contributed by atoms with Crippen molar-refractivity contribution in [1.82, 2.24) is 0 Å². The van der Waals surface area contributed by atoms with Gasteiger partial charge in [0.15, 0.2) is 0 Å². The number of rotatable bonds is 5. The minimum atomic E-state index is -0.142. The molecule has 0 fully saturated rings. The molecule has 0 aliphatic rings. The number of carbonyl (C=O) groups is 1. The quantitative estimate of drug-likeness (QED) is 0.434. The fourth-order valence-corrected chi connectivity index (χ4v) is 0.652. The van der Waals surface area contributed by atoms with Gasteiger partial charge in [0.05, 0.1) is 7.11 Å². The SMILES string of the molecule is CCCC[CH]CC(=O)OC. The molecule has 0 aromatic carbocycles. The molecule has 0 spiro atoms. The molecule has 0 saturated heterocycles. The second kappa shape index (κ2) is 6.59. The van der Waals surface area contributed by atoms with Crippen LogP contribution in [0, 0.1) is 6.42 Å². The van der Waals surface area contributed by atoms with Crippen LogP contribution in [0.2, 0.25) is 0 Å². The Labute approximate surface area is 62.6 Å². The molecule has 2 heteroatoms. The highest BCUT2D eigenvalue weighted by Gasteiger charge is 1.97. The third kappa shape index (κ3) is 5.60. The van der Waals surface area contributed by atoms with Crippen molar-refractivity contribution in [2.45, 2.75) is 32.6 Å². The summed E-state index contributed by atoms with van der Waals surface area (Å²) in [7, 11) is 1.41. The third-order valence-electron chi connectivity index (χ3n) is 1.30. The van der Waals surface area contributed by atoms with Crippen LogP contribution in [0.1, 0.15) is 32.6 Å². The molecule has 0 aliphatic heterocycles. The fourth-order valence-electron chi connectivity index (χ4n) is 0.652. The Hall–Kier alpha value is -0.530. The van der Waals surface area contributed by atoms with Crippen LogP contribution in [0.5, 0.6) is 0 Å². The van der Waals surface area contributed by atoms with Crippen LogP contribution in [-0.4, -0.2) is 13.1 Å². The minimum absolute atomic E-state index is 0.142. The zero-order valence-electron chi connectivity index (χ0n) is 6.72. The van der Waals surface area contributed by atoms with E-state index < -0.39 is 0 Å². The number of methoxy groups -OCH3 is 1. The van der Waals surface area contributed by atoms with E-state index >= 15 is 0 Å². The zero-order valence-corrected chi connectivity index (χ0v) is 6.72. The summed E-state index contributed by atoms with van der Waals surface area (Å²) in [5.74, 6) is -0.142. The standard InChI is InChI=1S/C8H15O2/c1-3-4-5-6-7-8(9)10-2/h6H,3-5,7H2,1-2H3. The summed E-state index contributed by atoms with van der Waals surface area (Å²) in [4.78, 5) is 10.5. The molecule has 2 nitrogen and oxygen atoms in total. The first kappa shape index (κ1) is 9.47. The van der Waals surface area contributed by atoms with Crippen LogP contribution in [-0.2, 0) is 9.53 Å². The van der Waals surface area contributed by atoms with E-state index in [9.17, 15) is 4.79 Å². The van der Waals surface area contributed by atoms with E-state index in [0.717, 1.165) is 12.8 Å². The third-order valence-corrected chi connectivity index (χ3v) is 1.30. The maximum atomic E-state index is 10.5. The van der Waals surface area contributed by atoms with Gasteiger partial charge in [-0.3, -0.25) is 4.79 Å². The smallest absolute Gasteiger partial charge is 0.305 e. The normalized spacial score (nSPS) is 9.40. The lowest BCUT2D eigenvalue weighted by Gasteiger charge is -1.96. The van der Waals surface area contributed by atoms with Gasteiger partial charge >= 0.3 is 5.97 Å². The van der Waals surface area contributed by atoms with Crippen molar-refractivity contribution in [3.8, 4) is 0 Å². The summed E-state index contributed by atoms with van der Waals surface area (Å²) in [5.41, 5.74) is 0. The Morgan fingerprint density at radius 2 is 2.30 bits per heavy atom. The zero-order chi connectivity index (χ0) is 7.82. The summed E-state index contributed by atoms with van der Waals surface area (Å²) in [5, 5.41) is 0. The maximum absolute atomic E-state index is 10.5. The van der Waals surface area contributed by atoms with E-state index in [1.165, 1.54) is 13.5 Å². The van der Waals surface area contributed by atoms with Crippen molar-refractivity contribution >= 4 is 5.97 Å². The molecule has 0 saturated carbocycles. The fraction of sp³-hybridized carbons (Fsp3) is 0.750. The Balaban J connectivity index is 2.96. The first-order valence-corrected chi connectivity index (χ1v) is 3.69. The van der Waals surface area contributed by atoms with Crippen molar-refractivity contribution in [2.24, 2.45) is 0 Å². The number of ether oxygens (including phenoxy) is 1. The second-order valence-electron chi connectivity index (χ2n) is 2.21. The summed E-state index contributed by atoms with van der Waals surface area (Å²) >= 11 is 0. The number of carbonyl (C=O) groups excluding carboxylic acids is 1. The molecule has 10 heavy (non-hydrogen) atoms. The predicted octanol–water partition coefficient (Wildman–Crippen LogP) is 1.94. The van der Waals surface area contributed by atoms with Gasteiger partial charge < -0.3 is 4.74 Å². The highest BCUT2D eigenvalue weighted by atomic mass is 16.5. The highest BCUT2D eigenvalue weighted by Crippen LogP contribution is 2.01. The average Bonchev–Trinajstić information content (AvgIpc) is 1.98. The lowest BCUT2D eigenvalue weighted by molar-refractivity contribution is -0.139. The van der Waals surface area contributed by atoms with Crippen molar-refractivity contribution in [1.29, 1.82) is 0 Å². The first-order chi connectivity index (χ1) is 4.81. The van der Waals surface area contributed by atoms with Crippen LogP contribution >= 0.6 is 0 Å². The van der Waals surface area contributed by atoms with Gasteiger partial charge in [-0.25, -0.2) is 0 Å². The average molecular weight is 143 g/mol. The van der Waals surface area contributed by atoms with E-state index in [2.05, 4.69) is 11.7 Å². The van der Waals surface area contributed by atoms with Gasteiger partial charge in [0, 0.05) is 6.42 Å². The number of esters is 1. The highest BCUT2D eigenvalue weighted by molar-refractivity contribution is 5.70. The molecule has 1 radical (unpaired) electrons. The van der Waals surface area contributed by atoms with Crippen LogP contribution in [0.15, 0.2) is 0 Å². The molecule has 0 unspecified atom stereocenters. The number of hydrogen-bond donors (Lipinski definition) is 0. The summed E-state index contributed by atoms with van der Waals surface area (Å²) in [6.07, 6.45) is 5.78. The number of unbranched alkanes of at least 4 members (excludes halogenated alkanes) is 3. The molecule has 0 aromatic heterocycles. The van der Waals surface area contributed by atoms with E-state index in [1.54, 1.807) is 0 Å².